The van der Waals surface area contributed by atoms with Crippen molar-refractivity contribution in [2.24, 2.45) is 0 Å². The van der Waals surface area contributed by atoms with Crippen molar-refractivity contribution in [3.63, 3.8) is 0 Å². The zero-order valence-electron chi connectivity index (χ0n) is 9.82. The molecule has 1 aromatic rings. The number of aliphatic carboxylic acids is 1. The molecule has 0 aliphatic carbocycles. The second kappa shape index (κ2) is 6.32. The molecule has 1 aromatic carbocycles. The lowest BCUT2D eigenvalue weighted by atomic mass is 10.4. The number of nitrogens with zero attached hydrogens (tertiary/aromatic N) is 1. The van der Waals surface area contributed by atoms with Gasteiger partial charge in [0.05, 0.1) is 11.3 Å². The summed E-state index contributed by atoms with van der Waals surface area (Å²) in [6.45, 7) is 3.50. The third kappa shape index (κ3) is 3.68. The van der Waals surface area contributed by atoms with Crippen molar-refractivity contribution in [1.82, 2.24) is 4.31 Å². The normalized spacial score (nSPS) is 11.4. The Balaban J connectivity index is 2.97. The lowest BCUT2D eigenvalue weighted by molar-refractivity contribution is -0.137. The molecule has 18 heavy (non-hydrogen) atoms. The van der Waals surface area contributed by atoms with Crippen LogP contribution in [0.15, 0.2) is 47.9 Å². The van der Waals surface area contributed by atoms with Crippen molar-refractivity contribution in [1.29, 1.82) is 0 Å². The highest BCUT2D eigenvalue weighted by Crippen LogP contribution is 2.15. The summed E-state index contributed by atoms with van der Waals surface area (Å²) in [7, 11) is -3.66. The lowest BCUT2D eigenvalue weighted by Gasteiger charge is -2.19. The van der Waals surface area contributed by atoms with Gasteiger partial charge in [0.25, 0.3) is 0 Å². The molecule has 0 saturated carbocycles. The van der Waals surface area contributed by atoms with Crippen LogP contribution in [-0.2, 0) is 14.8 Å². The van der Waals surface area contributed by atoms with E-state index in [1.165, 1.54) is 18.2 Å². The van der Waals surface area contributed by atoms with Crippen LogP contribution in [0.5, 0.6) is 0 Å². The molecule has 0 amide bonds. The summed E-state index contributed by atoms with van der Waals surface area (Å²) in [6.07, 6.45) is 1.20. The van der Waals surface area contributed by atoms with E-state index in [0.717, 1.165) is 4.31 Å². The van der Waals surface area contributed by atoms with Crippen molar-refractivity contribution < 1.29 is 18.3 Å². The minimum atomic E-state index is -3.66. The molecule has 0 radical (unpaired) electrons. The predicted molar refractivity (Wildman–Crippen MR) is 67.7 cm³/mol. The van der Waals surface area contributed by atoms with E-state index in [-0.39, 0.29) is 24.4 Å². The second-order valence-electron chi connectivity index (χ2n) is 3.61. The average molecular weight is 269 g/mol. The van der Waals surface area contributed by atoms with Gasteiger partial charge in [-0.2, -0.15) is 4.31 Å². The molecule has 0 aromatic heterocycles. The number of hydrogen-bond donors (Lipinski definition) is 1. The quantitative estimate of drug-likeness (QED) is 0.758. The fraction of sp³-hybridized carbons (Fsp3) is 0.250. The molecule has 0 saturated heterocycles. The molecule has 1 rings (SSSR count). The standard InChI is InChI=1S/C12H15NO4S/c1-2-9-13(10-8-12(14)15)18(16,17)11-6-4-3-5-7-11/h2-7H,1,8-10H2,(H,14,15). The molecule has 0 aliphatic rings. The Morgan fingerprint density at radius 2 is 1.94 bits per heavy atom. The third-order valence-corrected chi connectivity index (χ3v) is 4.17. The Labute approximate surface area is 106 Å². The first-order valence-electron chi connectivity index (χ1n) is 5.36. The summed E-state index contributed by atoms with van der Waals surface area (Å²) < 4.78 is 25.5. The fourth-order valence-electron chi connectivity index (χ4n) is 1.42. The van der Waals surface area contributed by atoms with Gasteiger partial charge in [0, 0.05) is 13.1 Å². The minimum absolute atomic E-state index is 0.0709. The van der Waals surface area contributed by atoms with Crippen LogP contribution in [0.2, 0.25) is 0 Å². The molecule has 0 spiro atoms. The number of hydrogen-bond acceptors (Lipinski definition) is 3. The van der Waals surface area contributed by atoms with Gasteiger partial charge in [0.1, 0.15) is 0 Å². The van der Waals surface area contributed by atoms with Gasteiger partial charge in [0.2, 0.25) is 10.0 Å². The summed E-state index contributed by atoms with van der Waals surface area (Å²) in [5.74, 6) is -1.03. The van der Waals surface area contributed by atoms with E-state index < -0.39 is 16.0 Å². The van der Waals surface area contributed by atoms with Gasteiger partial charge in [-0.3, -0.25) is 4.79 Å². The lowest BCUT2D eigenvalue weighted by Crippen LogP contribution is -2.33. The van der Waals surface area contributed by atoms with Crippen LogP contribution >= 0.6 is 0 Å². The molecule has 0 atom stereocenters. The van der Waals surface area contributed by atoms with Crippen molar-refractivity contribution in [3.05, 3.63) is 43.0 Å². The fourth-order valence-corrected chi connectivity index (χ4v) is 2.85. The Morgan fingerprint density at radius 1 is 1.33 bits per heavy atom. The first kappa shape index (κ1) is 14.4. The van der Waals surface area contributed by atoms with E-state index in [1.807, 2.05) is 0 Å². The van der Waals surface area contributed by atoms with Gasteiger partial charge < -0.3 is 5.11 Å². The van der Waals surface area contributed by atoms with Crippen LogP contribution in [0.4, 0.5) is 0 Å². The maximum Gasteiger partial charge on any atom is 0.304 e. The molecule has 5 nitrogen and oxygen atoms in total. The van der Waals surface area contributed by atoms with Gasteiger partial charge in [0.15, 0.2) is 0 Å². The number of carboxylic acids is 1. The van der Waals surface area contributed by atoms with Gasteiger partial charge in [-0.1, -0.05) is 24.3 Å². The highest BCUT2D eigenvalue weighted by atomic mass is 32.2. The van der Waals surface area contributed by atoms with Crippen LogP contribution < -0.4 is 0 Å². The molecule has 0 aliphatic heterocycles. The zero-order chi connectivity index (χ0) is 13.6. The van der Waals surface area contributed by atoms with E-state index in [9.17, 15) is 13.2 Å². The van der Waals surface area contributed by atoms with Gasteiger partial charge in [-0.25, -0.2) is 8.42 Å². The van der Waals surface area contributed by atoms with Crippen LogP contribution in [0.25, 0.3) is 0 Å². The Hall–Kier alpha value is -1.66. The first-order chi connectivity index (χ1) is 8.48. The molecule has 0 unspecified atom stereocenters. The number of rotatable bonds is 7. The molecule has 0 heterocycles. The summed E-state index contributed by atoms with van der Waals surface area (Å²) in [5.41, 5.74) is 0. The summed E-state index contributed by atoms with van der Waals surface area (Å²) in [6, 6.07) is 7.92. The Bertz CT molecular complexity index is 510. The summed E-state index contributed by atoms with van der Waals surface area (Å²) in [4.78, 5) is 10.7. The molecular formula is C12H15NO4S. The monoisotopic (exact) mass is 269 g/mol. The molecule has 0 bridgehead atoms. The van der Waals surface area contributed by atoms with E-state index in [0.29, 0.717) is 0 Å². The SMILES string of the molecule is C=CCN(CCC(=O)O)S(=O)(=O)c1ccccc1. The second-order valence-corrected chi connectivity index (χ2v) is 5.55. The average Bonchev–Trinajstić information content (AvgIpc) is 2.35. The highest BCUT2D eigenvalue weighted by Gasteiger charge is 2.23. The van der Waals surface area contributed by atoms with E-state index in [1.54, 1.807) is 18.2 Å². The van der Waals surface area contributed by atoms with Crippen molar-refractivity contribution >= 4 is 16.0 Å². The van der Waals surface area contributed by atoms with Crippen LogP contribution in [0.3, 0.4) is 0 Å². The molecule has 98 valence electrons. The van der Waals surface area contributed by atoms with Crippen molar-refractivity contribution in [3.8, 4) is 0 Å². The highest BCUT2D eigenvalue weighted by molar-refractivity contribution is 7.89. The van der Waals surface area contributed by atoms with Gasteiger partial charge in [-0.05, 0) is 12.1 Å². The first-order valence-corrected chi connectivity index (χ1v) is 6.80. The van der Waals surface area contributed by atoms with Gasteiger partial charge in [-0.15, -0.1) is 6.58 Å². The summed E-state index contributed by atoms with van der Waals surface area (Å²) >= 11 is 0. The Morgan fingerprint density at radius 3 is 2.44 bits per heavy atom. The van der Waals surface area contributed by atoms with Gasteiger partial charge >= 0.3 is 5.97 Å². The zero-order valence-corrected chi connectivity index (χ0v) is 10.6. The number of sulfonamides is 1. The van der Waals surface area contributed by atoms with E-state index in [2.05, 4.69) is 6.58 Å². The molecule has 0 fully saturated rings. The third-order valence-electron chi connectivity index (χ3n) is 2.29. The maximum atomic E-state index is 12.2. The molecule has 6 heteroatoms. The number of benzene rings is 1. The van der Waals surface area contributed by atoms with Crippen LogP contribution in [0, 0.1) is 0 Å². The summed E-state index contributed by atoms with van der Waals surface area (Å²) in [5, 5.41) is 8.62. The number of carboxylic acid groups (broad SMARTS) is 1. The van der Waals surface area contributed by atoms with Crippen molar-refractivity contribution in [2.75, 3.05) is 13.1 Å². The topological polar surface area (TPSA) is 74.7 Å². The largest absolute Gasteiger partial charge is 0.481 e. The van der Waals surface area contributed by atoms with E-state index >= 15 is 0 Å². The van der Waals surface area contributed by atoms with Crippen LogP contribution in [-0.4, -0.2) is 36.9 Å². The maximum absolute atomic E-state index is 12.2. The molecule has 1 N–H and O–H groups in total. The smallest absolute Gasteiger partial charge is 0.304 e. The minimum Gasteiger partial charge on any atom is -0.481 e. The number of carbonyl (C=O) groups is 1. The van der Waals surface area contributed by atoms with Crippen LogP contribution in [0.1, 0.15) is 6.42 Å². The Kier molecular flexibility index (Phi) is 5.06. The predicted octanol–water partition coefficient (Wildman–Crippen LogP) is 1.34. The van der Waals surface area contributed by atoms with Crippen molar-refractivity contribution in [2.45, 2.75) is 11.3 Å². The van der Waals surface area contributed by atoms with E-state index in [4.69, 9.17) is 5.11 Å². The molecular weight excluding hydrogens is 254 g/mol.